The van der Waals surface area contributed by atoms with Gasteiger partial charge in [-0.05, 0) is 26.0 Å². The number of ether oxygens (including phenoxy) is 1. The van der Waals surface area contributed by atoms with E-state index in [-0.39, 0.29) is 17.2 Å². The summed E-state index contributed by atoms with van der Waals surface area (Å²) in [5.74, 6) is -0.756. The van der Waals surface area contributed by atoms with Gasteiger partial charge in [0.25, 0.3) is 5.69 Å². The number of hydrogen-bond acceptors (Lipinski definition) is 6. The predicted octanol–water partition coefficient (Wildman–Crippen LogP) is 3.81. The first-order valence-electron chi connectivity index (χ1n) is 7.54. The molecule has 2 aromatic rings. The van der Waals surface area contributed by atoms with Crippen molar-refractivity contribution in [2.75, 3.05) is 5.75 Å². The summed E-state index contributed by atoms with van der Waals surface area (Å²) in [5.41, 5.74) is 1.53. The van der Waals surface area contributed by atoms with E-state index < -0.39 is 17.0 Å². The molecule has 0 saturated heterocycles. The number of nitro benzene ring substituents is 1. The van der Waals surface area contributed by atoms with Crippen LogP contribution < -0.4 is 0 Å². The number of rotatable bonds is 7. The van der Waals surface area contributed by atoms with Gasteiger partial charge < -0.3 is 4.74 Å². The Morgan fingerprint density at radius 3 is 2.28 bits per heavy atom. The van der Waals surface area contributed by atoms with Gasteiger partial charge in [-0.25, -0.2) is 0 Å². The van der Waals surface area contributed by atoms with Crippen molar-refractivity contribution in [2.45, 2.75) is 24.8 Å². The second-order valence-corrected chi connectivity index (χ2v) is 6.45. The Morgan fingerprint density at radius 1 is 1.12 bits per heavy atom. The van der Waals surface area contributed by atoms with Gasteiger partial charge in [-0.3, -0.25) is 19.7 Å². The van der Waals surface area contributed by atoms with Crippen LogP contribution in [0.3, 0.4) is 0 Å². The molecular weight excluding hydrogens is 342 g/mol. The molecule has 25 heavy (non-hydrogen) atoms. The maximum Gasteiger partial charge on any atom is 0.316 e. The largest absolute Gasteiger partial charge is 0.454 e. The second kappa shape index (κ2) is 8.43. The number of thioether (sulfide) groups is 1. The summed E-state index contributed by atoms with van der Waals surface area (Å²) in [5, 5.41) is 10.6. The number of carbonyl (C=O) groups is 2. The number of nitrogens with zero attached hydrogens (tertiary/aromatic N) is 1. The third-order valence-electron chi connectivity index (χ3n) is 3.42. The SMILES string of the molecule is Cc1ccc(C(=O)[C@H](C)OC(=O)CSc2ccc([N+](=O)[O-])cc2)cc1. The monoisotopic (exact) mass is 359 g/mol. The van der Waals surface area contributed by atoms with Gasteiger partial charge in [-0.2, -0.15) is 0 Å². The van der Waals surface area contributed by atoms with Crippen LogP contribution in [0.5, 0.6) is 0 Å². The van der Waals surface area contributed by atoms with Crippen molar-refractivity contribution < 1.29 is 19.2 Å². The van der Waals surface area contributed by atoms with Crippen LogP contribution in [-0.4, -0.2) is 28.5 Å². The first kappa shape index (κ1) is 18.7. The first-order chi connectivity index (χ1) is 11.9. The molecule has 0 N–H and O–H groups in total. The van der Waals surface area contributed by atoms with Gasteiger partial charge in [-0.15, -0.1) is 11.8 Å². The van der Waals surface area contributed by atoms with E-state index in [0.717, 1.165) is 5.56 Å². The molecule has 0 radical (unpaired) electrons. The quantitative estimate of drug-likeness (QED) is 0.246. The number of benzene rings is 2. The molecule has 0 heterocycles. The zero-order chi connectivity index (χ0) is 18.4. The number of hydrogen-bond donors (Lipinski definition) is 0. The highest BCUT2D eigenvalue weighted by Gasteiger charge is 2.19. The van der Waals surface area contributed by atoms with Crippen molar-refractivity contribution >= 4 is 29.2 Å². The smallest absolute Gasteiger partial charge is 0.316 e. The average Bonchev–Trinajstić information content (AvgIpc) is 2.60. The zero-order valence-corrected chi connectivity index (χ0v) is 14.6. The fraction of sp³-hybridized carbons (Fsp3) is 0.222. The number of Topliss-reactive ketones (excluding diaryl/α,β-unsaturated/α-hetero) is 1. The van der Waals surface area contributed by atoms with Gasteiger partial charge >= 0.3 is 5.97 Å². The van der Waals surface area contributed by atoms with Crippen LogP contribution in [0.4, 0.5) is 5.69 Å². The molecule has 0 spiro atoms. The molecule has 0 unspecified atom stereocenters. The van der Waals surface area contributed by atoms with Crippen molar-refractivity contribution in [1.82, 2.24) is 0 Å². The van der Waals surface area contributed by atoms with Gasteiger partial charge in [0.2, 0.25) is 5.78 Å². The number of carbonyl (C=O) groups excluding carboxylic acids is 2. The van der Waals surface area contributed by atoms with E-state index in [1.54, 1.807) is 24.3 Å². The molecule has 2 rings (SSSR count). The van der Waals surface area contributed by atoms with E-state index in [0.29, 0.717) is 10.5 Å². The highest BCUT2D eigenvalue weighted by Crippen LogP contribution is 2.21. The third kappa shape index (κ3) is 5.42. The lowest BCUT2D eigenvalue weighted by Gasteiger charge is -2.12. The normalized spacial score (nSPS) is 11.6. The molecule has 6 nitrogen and oxygen atoms in total. The van der Waals surface area contributed by atoms with E-state index in [1.807, 2.05) is 19.1 Å². The standard InChI is InChI=1S/C18H17NO5S/c1-12-3-5-14(6-4-12)18(21)13(2)24-17(20)11-25-16-9-7-15(8-10-16)19(22)23/h3-10,13H,11H2,1-2H3/t13-/m0/s1. The van der Waals surface area contributed by atoms with Crippen molar-refractivity contribution in [3.05, 3.63) is 69.8 Å². The molecule has 0 bridgehead atoms. The molecule has 0 aliphatic rings. The van der Waals surface area contributed by atoms with E-state index >= 15 is 0 Å². The summed E-state index contributed by atoms with van der Waals surface area (Å²) in [6.07, 6.45) is -0.868. The molecule has 0 fully saturated rings. The zero-order valence-electron chi connectivity index (χ0n) is 13.8. The third-order valence-corrected chi connectivity index (χ3v) is 4.40. The molecular formula is C18H17NO5S. The molecule has 0 aromatic heterocycles. The summed E-state index contributed by atoms with van der Waals surface area (Å²) in [6, 6.07) is 12.9. The van der Waals surface area contributed by atoms with Crippen molar-refractivity contribution in [3.63, 3.8) is 0 Å². The molecule has 0 aliphatic heterocycles. The Bertz CT molecular complexity index is 771. The van der Waals surface area contributed by atoms with Crippen molar-refractivity contribution in [3.8, 4) is 0 Å². The topological polar surface area (TPSA) is 86.5 Å². The van der Waals surface area contributed by atoms with E-state index in [9.17, 15) is 19.7 Å². The predicted molar refractivity (Wildman–Crippen MR) is 94.9 cm³/mol. The van der Waals surface area contributed by atoms with Crippen LogP contribution in [0.2, 0.25) is 0 Å². The van der Waals surface area contributed by atoms with E-state index in [1.165, 1.54) is 30.8 Å². The van der Waals surface area contributed by atoms with Gasteiger partial charge in [0.15, 0.2) is 6.10 Å². The lowest BCUT2D eigenvalue weighted by Crippen LogP contribution is -2.25. The summed E-state index contributed by atoms with van der Waals surface area (Å²) in [4.78, 5) is 34.9. The number of aryl methyl sites for hydroxylation is 1. The molecule has 0 amide bonds. The Kier molecular flexibility index (Phi) is 6.30. The van der Waals surface area contributed by atoms with Crippen LogP contribution >= 0.6 is 11.8 Å². The fourth-order valence-corrected chi connectivity index (χ4v) is 2.72. The molecule has 0 saturated carbocycles. The number of nitro groups is 1. The van der Waals surface area contributed by atoms with Gasteiger partial charge in [0, 0.05) is 22.6 Å². The fourth-order valence-electron chi connectivity index (χ4n) is 2.04. The molecule has 0 aliphatic carbocycles. The number of esters is 1. The summed E-state index contributed by atoms with van der Waals surface area (Å²) >= 11 is 1.19. The van der Waals surface area contributed by atoms with Crippen LogP contribution in [0.25, 0.3) is 0 Å². The molecule has 2 aromatic carbocycles. The Hall–Kier alpha value is -2.67. The van der Waals surface area contributed by atoms with Crippen LogP contribution in [0, 0.1) is 17.0 Å². The maximum absolute atomic E-state index is 12.2. The highest BCUT2D eigenvalue weighted by atomic mass is 32.2. The minimum atomic E-state index is -0.868. The van der Waals surface area contributed by atoms with Gasteiger partial charge in [-0.1, -0.05) is 29.8 Å². The second-order valence-electron chi connectivity index (χ2n) is 5.40. The number of non-ortho nitro benzene ring substituents is 1. The van der Waals surface area contributed by atoms with E-state index in [4.69, 9.17) is 4.74 Å². The lowest BCUT2D eigenvalue weighted by atomic mass is 10.1. The van der Waals surface area contributed by atoms with Crippen molar-refractivity contribution in [2.24, 2.45) is 0 Å². The molecule has 1 atom stereocenters. The highest BCUT2D eigenvalue weighted by molar-refractivity contribution is 8.00. The van der Waals surface area contributed by atoms with Gasteiger partial charge in [0.1, 0.15) is 0 Å². The minimum absolute atomic E-state index is 0.00996. The van der Waals surface area contributed by atoms with Crippen LogP contribution in [0.1, 0.15) is 22.8 Å². The maximum atomic E-state index is 12.2. The summed E-state index contributed by atoms with van der Waals surface area (Å²) in [7, 11) is 0. The Morgan fingerprint density at radius 2 is 1.72 bits per heavy atom. The summed E-state index contributed by atoms with van der Waals surface area (Å²) < 4.78 is 5.16. The average molecular weight is 359 g/mol. The molecule has 7 heteroatoms. The van der Waals surface area contributed by atoms with Crippen molar-refractivity contribution in [1.29, 1.82) is 0 Å². The Balaban J connectivity index is 1.85. The minimum Gasteiger partial charge on any atom is -0.454 e. The number of ketones is 1. The summed E-state index contributed by atoms with van der Waals surface area (Å²) in [6.45, 7) is 3.46. The molecule has 130 valence electrons. The van der Waals surface area contributed by atoms with Crippen LogP contribution in [-0.2, 0) is 9.53 Å². The van der Waals surface area contributed by atoms with Crippen LogP contribution in [0.15, 0.2) is 53.4 Å². The Labute approximate surface area is 149 Å². The first-order valence-corrected chi connectivity index (χ1v) is 8.53. The van der Waals surface area contributed by atoms with Gasteiger partial charge in [0.05, 0.1) is 10.7 Å². The lowest BCUT2D eigenvalue weighted by molar-refractivity contribution is -0.384. The van der Waals surface area contributed by atoms with E-state index in [2.05, 4.69) is 0 Å².